The summed E-state index contributed by atoms with van der Waals surface area (Å²) in [5.74, 6) is 1.85. The summed E-state index contributed by atoms with van der Waals surface area (Å²) < 4.78 is 16.5. The SMILES string of the molecule is COc1c(C=O)cccc1C(c1cc2c(cc1O)OCO2)N1CCCCC1. The van der Waals surface area contributed by atoms with Gasteiger partial charge in [-0.05, 0) is 38.1 Å². The van der Waals surface area contributed by atoms with Crippen LogP contribution in [0.1, 0.15) is 46.8 Å². The highest BCUT2D eigenvalue weighted by Gasteiger charge is 2.31. The molecule has 2 aromatic rings. The van der Waals surface area contributed by atoms with Crippen molar-refractivity contribution in [2.75, 3.05) is 27.0 Å². The molecule has 2 heterocycles. The molecule has 1 atom stereocenters. The van der Waals surface area contributed by atoms with Crippen LogP contribution in [0.4, 0.5) is 0 Å². The first kappa shape index (κ1) is 17.7. The van der Waals surface area contributed by atoms with Crippen molar-refractivity contribution in [1.82, 2.24) is 4.90 Å². The van der Waals surface area contributed by atoms with E-state index in [-0.39, 0.29) is 18.6 Å². The third-order valence-corrected chi connectivity index (χ3v) is 5.27. The number of phenolic OH excluding ortho intramolecular Hbond substituents is 1. The number of hydrogen-bond donors (Lipinski definition) is 1. The second-order valence-corrected chi connectivity index (χ2v) is 6.85. The van der Waals surface area contributed by atoms with Gasteiger partial charge in [-0.15, -0.1) is 0 Å². The average molecular weight is 369 g/mol. The number of likely N-dealkylation sites (tertiary alicyclic amines) is 1. The highest BCUT2D eigenvalue weighted by Crippen LogP contribution is 2.45. The molecular weight excluding hydrogens is 346 g/mol. The van der Waals surface area contributed by atoms with E-state index >= 15 is 0 Å². The molecule has 2 aromatic carbocycles. The van der Waals surface area contributed by atoms with Gasteiger partial charge in [-0.3, -0.25) is 9.69 Å². The number of benzene rings is 2. The molecule has 2 aliphatic rings. The number of phenols is 1. The lowest BCUT2D eigenvalue weighted by Crippen LogP contribution is -2.34. The van der Waals surface area contributed by atoms with E-state index in [4.69, 9.17) is 14.2 Å². The number of fused-ring (bicyclic) bond motifs is 1. The zero-order valence-electron chi connectivity index (χ0n) is 15.3. The van der Waals surface area contributed by atoms with Crippen molar-refractivity contribution in [3.05, 3.63) is 47.0 Å². The van der Waals surface area contributed by atoms with E-state index in [1.54, 1.807) is 19.2 Å². The molecule has 0 aromatic heterocycles. The van der Waals surface area contributed by atoms with Crippen LogP contribution in [0.5, 0.6) is 23.0 Å². The second kappa shape index (κ2) is 7.48. The number of piperidine rings is 1. The monoisotopic (exact) mass is 369 g/mol. The molecule has 0 aliphatic carbocycles. The zero-order chi connectivity index (χ0) is 18.8. The maximum atomic E-state index is 11.5. The molecule has 0 bridgehead atoms. The van der Waals surface area contributed by atoms with Gasteiger partial charge in [-0.25, -0.2) is 0 Å². The Kier molecular flexibility index (Phi) is 4.90. The number of methoxy groups -OCH3 is 1. The van der Waals surface area contributed by atoms with E-state index in [2.05, 4.69) is 4.90 Å². The van der Waals surface area contributed by atoms with Gasteiger partial charge in [0.15, 0.2) is 17.8 Å². The third-order valence-electron chi connectivity index (χ3n) is 5.27. The largest absolute Gasteiger partial charge is 0.507 e. The first-order chi connectivity index (χ1) is 13.2. The summed E-state index contributed by atoms with van der Waals surface area (Å²) in [5.41, 5.74) is 2.08. The molecule has 1 saturated heterocycles. The number of rotatable bonds is 5. The minimum Gasteiger partial charge on any atom is -0.507 e. The van der Waals surface area contributed by atoms with Crippen molar-refractivity contribution in [3.8, 4) is 23.0 Å². The number of hydrogen-bond acceptors (Lipinski definition) is 6. The Bertz CT molecular complexity index is 845. The zero-order valence-corrected chi connectivity index (χ0v) is 15.3. The van der Waals surface area contributed by atoms with Crippen LogP contribution in [-0.4, -0.2) is 43.3 Å². The fourth-order valence-electron chi connectivity index (χ4n) is 4.02. The molecule has 6 heteroatoms. The summed E-state index contributed by atoms with van der Waals surface area (Å²) in [6.07, 6.45) is 4.19. The number of aldehydes is 1. The number of nitrogens with zero attached hydrogens (tertiary/aromatic N) is 1. The Balaban J connectivity index is 1.88. The van der Waals surface area contributed by atoms with Crippen LogP contribution in [0, 0.1) is 0 Å². The normalized spacial score (nSPS) is 17.5. The van der Waals surface area contributed by atoms with Crippen molar-refractivity contribution >= 4 is 6.29 Å². The number of aromatic hydroxyl groups is 1. The van der Waals surface area contributed by atoms with Gasteiger partial charge in [0.1, 0.15) is 11.5 Å². The van der Waals surface area contributed by atoms with Crippen molar-refractivity contribution < 1.29 is 24.1 Å². The van der Waals surface area contributed by atoms with E-state index in [1.807, 2.05) is 18.2 Å². The number of carbonyl (C=O) groups excluding carboxylic acids is 1. The van der Waals surface area contributed by atoms with Crippen LogP contribution in [-0.2, 0) is 0 Å². The molecule has 1 fully saturated rings. The van der Waals surface area contributed by atoms with Gasteiger partial charge in [0.25, 0.3) is 0 Å². The molecule has 0 amide bonds. The van der Waals surface area contributed by atoms with Crippen LogP contribution in [0.15, 0.2) is 30.3 Å². The predicted octanol–water partition coefficient (Wildman–Crippen LogP) is 3.52. The molecule has 0 spiro atoms. The van der Waals surface area contributed by atoms with Gasteiger partial charge in [-0.2, -0.15) is 0 Å². The van der Waals surface area contributed by atoms with Crippen LogP contribution in [0.2, 0.25) is 0 Å². The van der Waals surface area contributed by atoms with Crippen molar-refractivity contribution in [2.24, 2.45) is 0 Å². The molecule has 0 radical (unpaired) electrons. The lowest BCUT2D eigenvalue weighted by Gasteiger charge is -2.36. The van der Waals surface area contributed by atoms with Crippen LogP contribution < -0.4 is 14.2 Å². The van der Waals surface area contributed by atoms with E-state index in [0.717, 1.165) is 43.3 Å². The summed E-state index contributed by atoms with van der Waals surface area (Å²) in [5, 5.41) is 10.8. The first-order valence-electron chi connectivity index (χ1n) is 9.21. The Morgan fingerprint density at radius 1 is 1.11 bits per heavy atom. The van der Waals surface area contributed by atoms with Gasteiger partial charge in [-0.1, -0.05) is 18.6 Å². The van der Waals surface area contributed by atoms with E-state index in [9.17, 15) is 9.90 Å². The summed E-state index contributed by atoms with van der Waals surface area (Å²) >= 11 is 0. The van der Waals surface area contributed by atoms with Gasteiger partial charge in [0.2, 0.25) is 6.79 Å². The molecule has 1 N–H and O–H groups in total. The molecule has 142 valence electrons. The number of carbonyl (C=O) groups is 1. The molecule has 2 aliphatic heterocycles. The van der Waals surface area contributed by atoms with E-state index < -0.39 is 0 Å². The van der Waals surface area contributed by atoms with Gasteiger partial charge >= 0.3 is 0 Å². The van der Waals surface area contributed by atoms with Crippen molar-refractivity contribution in [3.63, 3.8) is 0 Å². The molecule has 4 rings (SSSR count). The van der Waals surface area contributed by atoms with Crippen LogP contribution >= 0.6 is 0 Å². The standard InChI is InChI=1S/C21H23NO5/c1-25-21-14(12-23)6-5-7-15(21)20(22-8-3-2-4-9-22)16-10-18-19(11-17(16)24)27-13-26-18/h5-7,10-12,20,24H,2-4,8-9,13H2,1H3. The Morgan fingerprint density at radius 2 is 1.85 bits per heavy atom. The average Bonchev–Trinajstić information content (AvgIpc) is 3.16. The third kappa shape index (κ3) is 3.21. The Labute approximate surface area is 158 Å². The summed E-state index contributed by atoms with van der Waals surface area (Å²) in [6.45, 7) is 1.97. The van der Waals surface area contributed by atoms with Crippen LogP contribution in [0.25, 0.3) is 0 Å². The minimum atomic E-state index is -0.241. The highest BCUT2D eigenvalue weighted by molar-refractivity contribution is 5.80. The lowest BCUT2D eigenvalue weighted by molar-refractivity contribution is 0.111. The fraction of sp³-hybridized carbons (Fsp3) is 0.381. The number of para-hydroxylation sites is 1. The van der Waals surface area contributed by atoms with Crippen molar-refractivity contribution in [1.29, 1.82) is 0 Å². The molecule has 6 nitrogen and oxygen atoms in total. The van der Waals surface area contributed by atoms with Gasteiger partial charge in [0, 0.05) is 17.2 Å². The maximum Gasteiger partial charge on any atom is 0.231 e. The molecular formula is C21H23NO5. The first-order valence-corrected chi connectivity index (χ1v) is 9.21. The topological polar surface area (TPSA) is 68.2 Å². The minimum absolute atomic E-state index is 0.147. The van der Waals surface area contributed by atoms with E-state index in [1.165, 1.54) is 6.42 Å². The lowest BCUT2D eigenvalue weighted by atomic mass is 9.92. The molecule has 27 heavy (non-hydrogen) atoms. The van der Waals surface area contributed by atoms with Gasteiger partial charge in [0.05, 0.1) is 18.7 Å². The van der Waals surface area contributed by atoms with Crippen LogP contribution in [0.3, 0.4) is 0 Å². The summed E-state index contributed by atoms with van der Waals surface area (Å²) in [7, 11) is 1.57. The summed E-state index contributed by atoms with van der Waals surface area (Å²) in [4.78, 5) is 13.8. The van der Waals surface area contributed by atoms with E-state index in [0.29, 0.717) is 22.8 Å². The summed E-state index contributed by atoms with van der Waals surface area (Å²) in [6, 6.07) is 8.74. The Morgan fingerprint density at radius 3 is 2.56 bits per heavy atom. The smallest absolute Gasteiger partial charge is 0.231 e. The highest BCUT2D eigenvalue weighted by atomic mass is 16.7. The van der Waals surface area contributed by atoms with Gasteiger partial charge < -0.3 is 19.3 Å². The number of ether oxygens (including phenoxy) is 3. The second-order valence-electron chi connectivity index (χ2n) is 6.85. The van der Waals surface area contributed by atoms with Crippen molar-refractivity contribution in [2.45, 2.75) is 25.3 Å². The fourth-order valence-corrected chi connectivity index (χ4v) is 4.02. The quantitative estimate of drug-likeness (QED) is 0.814. The predicted molar refractivity (Wildman–Crippen MR) is 99.9 cm³/mol. The molecule has 0 saturated carbocycles. The maximum absolute atomic E-state index is 11.5. The Hall–Kier alpha value is -2.73. The molecule has 1 unspecified atom stereocenters.